The standard InChI is InChI=1S/C13H22N2O/c1-5-15-13(7-11(3)16-4)12-6-10(2)8-14-9-12/h6,8-9,11,13,15H,5,7H2,1-4H3. The van der Waals surface area contributed by atoms with E-state index in [4.69, 9.17) is 4.74 Å². The van der Waals surface area contributed by atoms with Crippen LogP contribution in [-0.2, 0) is 4.74 Å². The summed E-state index contributed by atoms with van der Waals surface area (Å²) in [5.41, 5.74) is 2.44. The number of rotatable bonds is 6. The molecule has 0 aliphatic rings. The Labute approximate surface area is 98.2 Å². The number of methoxy groups -OCH3 is 1. The van der Waals surface area contributed by atoms with Crippen LogP contribution in [0.5, 0.6) is 0 Å². The summed E-state index contributed by atoms with van der Waals surface area (Å²) in [6.07, 6.45) is 5.04. The van der Waals surface area contributed by atoms with Gasteiger partial charge in [0.05, 0.1) is 6.10 Å². The molecule has 1 N–H and O–H groups in total. The van der Waals surface area contributed by atoms with Crippen LogP contribution in [0.2, 0.25) is 0 Å². The van der Waals surface area contributed by atoms with Crippen LogP contribution in [0.15, 0.2) is 18.5 Å². The van der Waals surface area contributed by atoms with Gasteiger partial charge in [0, 0.05) is 25.5 Å². The quantitative estimate of drug-likeness (QED) is 0.803. The Morgan fingerprint density at radius 1 is 1.44 bits per heavy atom. The maximum Gasteiger partial charge on any atom is 0.0561 e. The summed E-state index contributed by atoms with van der Waals surface area (Å²) in [4.78, 5) is 4.24. The maximum absolute atomic E-state index is 5.32. The second kappa shape index (κ2) is 6.61. The molecule has 3 heteroatoms. The predicted molar refractivity (Wildman–Crippen MR) is 66.5 cm³/mol. The van der Waals surface area contributed by atoms with Crippen molar-refractivity contribution in [1.82, 2.24) is 10.3 Å². The highest BCUT2D eigenvalue weighted by atomic mass is 16.5. The lowest BCUT2D eigenvalue weighted by atomic mass is 10.0. The predicted octanol–water partition coefficient (Wildman–Crippen LogP) is 2.47. The second-order valence-corrected chi connectivity index (χ2v) is 4.19. The van der Waals surface area contributed by atoms with Crippen LogP contribution >= 0.6 is 0 Å². The second-order valence-electron chi connectivity index (χ2n) is 4.19. The minimum absolute atomic E-state index is 0.254. The van der Waals surface area contributed by atoms with Gasteiger partial charge in [-0.1, -0.05) is 13.0 Å². The third-order valence-corrected chi connectivity index (χ3v) is 2.72. The van der Waals surface area contributed by atoms with Gasteiger partial charge in [0.2, 0.25) is 0 Å². The van der Waals surface area contributed by atoms with E-state index in [-0.39, 0.29) is 6.10 Å². The lowest BCUT2D eigenvalue weighted by molar-refractivity contribution is 0.101. The van der Waals surface area contributed by atoms with E-state index in [0.717, 1.165) is 13.0 Å². The van der Waals surface area contributed by atoms with Crippen LogP contribution < -0.4 is 5.32 Å². The fourth-order valence-corrected chi connectivity index (χ4v) is 1.78. The molecule has 2 unspecified atom stereocenters. The van der Waals surface area contributed by atoms with Crippen molar-refractivity contribution in [3.8, 4) is 0 Å². The molecule has 16 heavy (non-hydrogen) atoms. The molecule has 0 spiro atoms. The van der Waals surface area contributed by atoms with Gasteiger partial charge in [0.25, 0.3) is 0 Å². The molecule has 0 radical (unpaired) electrons. The molecule has 1 rings (SSSR count). The summed E-state index contributed by atoms with van der Waals surface area (Å²) in [5.74, 6) is 0. The third kappa shape index (κ3) is 3.91. The van der Waals surface area contributed by atoms with Crippen molar-refractivity contribution in [3.63, 3.8) is 0 Å². The van der Waals surface area contributed by atoms with E-state index in [1.807, 2.05) is 12.4 Å². The monoisotopic (exact) mass is 222 g/mol. The summed E-state index contributed by atoms with van der Waals surface area (Å²) >= 11 is 0. The number of aryl methyl sites for hydroxylation is 1. The Balaban J connectivity index is 2.76. The molecule has 0 aliphatic heterocycles. The molecular formula is C13H22N2O. The summed E-state index contributed by atoms with van der Waals surface area (Å²) in [5, 5.41) is 3.47. The zero-order valence-electron chi connectivity index (χ0n) is 10.7. The van der Waals surface area contributed by atoms with E-state index in [1.54, 1.807) is 7.11 Å². The first-order valence-corrected chi connectivity index (χ1v) is 5.85. The molecule has 0 aliphatic carbocycles. The van der Waals surface area contributed by atoms with Crippen molar-refractivity contribution >= 4 is 0 Å². The van der Waals surface area contributed by atoms with Gasteiger partial charge >= 0.3 is 0 Å². The Bertz CT molecular complexity index is 315. The highest BCUT2D eigenvalue weighted by molar-refractivity contribution is 5.20. The van der Waals surface area contributed by atoms with Gasteiger partial charge in [-0.05, 0) is 37.9 Å². The molecule has 0 amide bonds. The molecule has 0 saturated heterocycles. The van der Waals surface area contributed by atoms with Crippen molar-refractivity contribution in [1.29, 1.82) is 0 Å². The number of hydrogen-bond donors (Lipinski definition) is 1. The molecule has 0 aromatic carbocycles. The lowest BCUT2D eigenvalue weighted by Crippen LogP contribution is -2.25. The van der Waals surface area contributed by atoms with E-state index >= 15 is 0 Å². The highest BCUT2D eigenvalue weighted by Gasteiger charge is 2.14. The average Bonchev–Trinajstić information content (AvgIpc) is 2.28. The molecule has 0 fully saturated rings. The Morgan fingerprint density at radius 2 is 2.19 bits per heavy atom. The van der Waals surface area contributed by atoms with E-state index in [2.05, 4.69) is 37.1 Å². The Kier molecular flexibility index (Phi) is 5.43. The fourth-order valence-electron chi connectivity index (χ4n) is 1.78. The fraction of sp³-hybridized carbons (Fsp3) is 0.615. The minimum Gasteiger partial charge on any atom is -0.382 e. The van der Waals surface area contributed by atoms with Crippen molar-refractivity contribution < 1.29 is 4.74 Å². The lowest BCUT2D eigenvalue weighted by Gasteiger charge is -2.21. The number of pyridine rings is 1. The zero-order chi connectivity index (χ0) is 12.0. The highest BCUT2D eigenvalue weighted by Crippen LogP contribution is 2.19. The van der Waals surface area contributed by atoms with Crippen molar-refractivity contribution in [3.05, 3.63) is 29.6 Å². The van der Waals surface area contributed by atoms with E-state index in [9.17, 15) is 0 Å². The summed E-state index contributed by atoms with van der Waals surface area (Å²) in [7, 11) is 1.75. The van der Waals surface area contributed by atoms with Crippen LogP contribution in [0.4, 0.5) is 0 Å². The average molecular weight is 222 g/mol. The summed E-state index contributed by atoms with van der Waals surface area (Å²) < 4.78 is 5.32. The number of ether oxygens (including phenoxy) is 1. The van der Waals surface area contributed by atoms with Crippen LogP contribution in [0.1, 0.15) is 37.4 Å². The topological polar surface area (TPSA) is 34.1 Å². The molecule has 0 bridgehead atoms. The third-order valence-electron chi connectivity index (χ3n) is 2.72. The van der Waals surface area contributed by atoms with Crippen molar-refractivity contribution in [2.45, 2.75) is 39.3 Å². The maximum atomic E-state index is 5.32. The van der Waals surface area contributed by atoms with Gasteiger partial charge in [-0.3, -0.25) is 4.98 Å². The van der Waals surface area contributed by atoms with Crippen LogP contribution in [0.3, 0.4) is 0 Å². The van der Waals surface area contributed by atoms with E-state index in [0.29, 0.717) is 6.04 Å². The number of aromatic nitrogens is 1. The number of nitrogens with zero attached hydrogens (tertiary/aromatic N) is 1. The molecule has 1 heterocycles. The minimum atomic E-state index is 0.254. The largest absolute Gasteiger partial charge is 0.382 e. The van der Waals surface area contributed by atoms with Crippen molar-refractivity contribution in [2.75, 3.05) is 13.7 Å². The number of nitrogens with one attached hydrogen (secondary N) is 1. The summed E-state index contributed by atoms with van der Waals surface area (Å²) in [6, 6.07) is 2.51. The first-order valence-electron chi connectivity index (χ1n) is 5.85. The molecule has 3 nitrogen and oxygen atoms in total. The van der Waals surface area contributed by atoms with Gasteiger partial charge in [-0.15, -0.1) is 0 Å². The Hall–Kier alpha value is -0.930. The van der Waals surface area contributed by atoms with Gasteiger partial charge in [-0.25, -0.2) is 0 Å². The van der Waals surface area contributed by atoms with Crippen LogP contribution in [0.25, 0.3) is 0 Å². The van der Waals surface area contributed by atoms with E-state index < -0.39 is 0 Å². The zero-order valence-corrected chi connectivity index (χ0v) is 10.7. The SMILES string of the molecule is CCNC(CC(C)OC)c1cncc(C)c1. The molecular weight excluding hydrogens is 200 g/mol. The van der Waals surface area contributed by atoms with Gasteiger partial charge in [0.15, 0.2) is 0 Å². The van der Waals surface area contributed by atoms with Crippen molar-refractivity contribution in [2.24, 2.45) is 0 Å². The molecule has 1 aromatic heterocycles. The van der Waals surface area contributed by atoms with Crippen LogP contribution in [-0.4, -0.2) is 24.7 Å². The van der Waals surface area contributed by atoms with Gasteiger partial charge < -0.3 is 10.1 Å². The van der Waals surface area contributed by atoms with Crippen LogP contribution in [0, 0.1) is 6.92 Å². The summed E-state index contributed by atoms with van der Waals surface area (Å²) in [6.45, 7) is 7.23. The molecule has 2 atom stereocenters. The molecule has 1 aromatic rings. The normalized spacial score (nSPS) is 14.8. The molecule has 0 saturated carbocycles. The first kappa shape index (κ1) is 13.1. The number of hydrogen-bond acceptors (Lipinski definition) is 3. The van der Waals surface area contributed by atoms with E-state index in [1.165, 1.54) is 11.1 Å². The van der Waals surface area contributed by atoms with Gasteiger partial charge in [-0.2, -0.15) is 0 Å². The van der Waals surface area contributed by atoms with Gasteiger partial charge in [0.1, 0.15) is 0 Å². The smallest absolute Gasteiger partial charge is 0.0561 e. The first-order chi connectivity index (χ1) is 7.67. The Morgan fingerprint density at radius 3 is 2.75 bits per heavy atom. The molecule has 90 valence electrons.